The molecule has 0 radical (unpaired) electrons. The van der Waals surface area contributed by atoms with Gasteiger partial charge in [0.2, 0.25) is 0 Å². The van der Waals surface area contributed by atoms with Crippen molar-refractivity contribution in [3.05, 3.63) is 29.6 Å². The minimum atomic E-state index is 0.265. The van der Waals surface area contributed by atoms with Crippen molar-refractivity contribution in [3.8, 4) is 0 Å². The van der Waals surface area contributed by atoms with Crippen LogP contribution < -0.4 is 0 Å². The Kier molecular flexibility index (Phi) is 1.93. The number of nitrogens with zero attached hydrogens (tertiary/aromatic N) is 4. The molecule has 0 spiro atoms. The van der Waals surface area contributed by atoms with Crippen molar-refractivity contribution in [2.24, 2.45) is 0 Å². The zero-order valence-electron chi connectivity index (χ0n) is 8.10. The summed E-state index contributed by atoms with van der Waals surface area (Å²) in [5, 5.41) is 8.06. The Hall–Kier alpha value is -1.89. The van der Waals surface area contributed by atoms with Crippen LogP contribution in [-0.2, 0) is 0 Å². The molecule has 0 fully saturated rings. The molecule has 0 N–H and O–H groups in total. The number of aromatic nitrogens is 3. The van der Waals surface area contributed by atoms with Crippen molar-refractivity contribution in [2.75, 3.05) is 0 Å². The third-order valence-corrected chi connectivity index (χ3v) is 2.07. The third-order valence-electron chi connectivity index (χ3n) is 2.07. The summed E-state index contributed by atoms with van der Waals surface area (Å²) >= 11 is 0. The van der Waals surface area contributed by atoms with E-state index in [9.17, 15) is 0 Å². The molecule has 0 amide bonds. The molecule has 0 atom stereocenters. The molecule has 1 heterocycles. The van der Waals surface area contributed by atoms with E-state index >= 15 is 0 Å². The first kappa shape index (κ1) is 8.70. The number of hydrogen-bond donors (Lipinski definition) is 0. The van der Waals surface area contributed by atoms with Gasteiger partial charge in [-0.2, -0.15) is 0 Å². The van der Waals surface area contributed by atoms with E-state index < -0.39 is 0 Å². The second-order valence-electron chi connectivity index (χ2n) is 3.41. The van der Waals surface area contributed by atoms with Crippen molar-refractivity contribution in [1.29, 1.82) is 0 Å². The maximum atomic E-state index is 6.92. The molecule has 70 valence electrons. The minimum Gasteiger partial charge on any atom is -0.243 e. The van der Waals surface area contributed by atoms with Crippen molar-refractivity contribution in [1.82, 2.24) is 15.0 Å². The summed E-state index contributed by atoms with van der Waals surface area (Å²) in [4.78, 5) is 3.38. The molecular weight excluding hydrogens is 176 g/mol. The topological polar surface area (TPSA) is 35.1 Å². The second kappa shape index (κ2) is 3.11. The first-order valence-electron chi connectivity index (χ1n) is 4.45. The normalized spacial score (nSPS) is 10.7. The van der Waals surface area contributed by atoms with Crippen LogP contribution in [0.15, 0.2) is 18.2 Å². The molecule has 0 aliphatic carbocycles. The van der Waals surface area contributed by atoms with E-state index in [0.717, 1.165) is 11.0 Å². The van der Waals surface area contributed by atoms with Crippen LogP contribution in [0, 0.1) is 6.57 Å². The van der Waals surface area contributed by atoms with Gasteiger partial charge >= 0.3 is 0 Å². The first-order chi connectivity index (χ1) is 6.72. The van der Waals surface area contributed by atoms with Gasteiger partial charge in [0.05, 0.1) is 12.1 Å². The van der Waals surface area contributed by atoms with E-state index in [1.807, 2.05) is 30.7 Å². The summed E-state index contributed by atoms with van der Waals surface area (Å²) in [5.74, 6) is 0. The van der Waals surface area contributed by atoms with Gasteiger partial charge in [0.25, 0.3) is 0 Å². The van der Waals surface area contributed by atoms with Crippen LogP contribution in [0.25, 0.3) is 15.9 Å². The summed E-state index contributed by atoms with van der Waals surface area (Å²) in [7, 11) is 0. The first-order valence-corrected chi connectivity index (χ1v) is 4.45. The largest absolute Gasteiger partial charge is 0.243 e. The Morgan fingerprint density at radius 1 is 1.43 bits per heavy atom. The van der Waals surface area contributed by atoms with Crippen LogP contribution in [0.5, 0.6) is 0 Å². The standard InChI is InChI=1S/C10H10N4/c1-7(2)14-10-6-8(11-3)4-5-9(10)12-13-14/h4-7H,1-2H3. The highest BCUT2D eigenvalue weighted by atomic mass is 15.4. The fourth-order valence-corrected chi connectivity index (χ4v) is 1.38. The van der Waals surface area contributed by atoms with Crippen molar-refractivity contribution in [3.63, 3.8) is 0 Å². The molecule has 0 saturated heterocycles. The monoisotopic (exact) mass is 186 g/mol. The Balaban J connectivity index is 2.71. The number of rotatable bonds is 1. The highest BCUT2D eigenvalue weighted by Crippen LogP contribution is 2.21. The molecule has 0 saturated carbocycles. The Bertz CT molecular complexity index is 504. The quantitative estimate of drug-likeness (QED) is 0.641. The van der Waals surface area contributed by atoms with Crippen LogP contribution in [0.1, 0.15) is 19.9 Å². The molecule has 2 rings (SSSR count). The van der Waals surface area contributed by atoms with Gasteiger partial charge in [-0.3, -0.25) is 0 Å². The van der Waals surface area contributed by atoms with Crippen LogP contribution in [-0.4, -0.2) is 15.0 Å². The Morgan fingerprint density at radius 3 is 2.86 bits per heavy atom. The molecule has 1 aromatic carbocycles. The highest BCUT2D eigenvalue weighted by molar-refractivity contribution is 5.79. The molecule has 14 heavy (non-hydrogen) atoms. The highest BCUT2D eigenvalue weighted by Gasteiger charge is 2.07. The molecule has 1 aromatic heterocycles. The van der Waals surface area contributed by atoms with Gasteiger partial charge in [-0.15, -0.1) is 5.10 Å². The van der Waals surface area contributed by atoms with E-state index in [1.54, 1.807) is 6.07 Å². The smallest absolute Gasteiger partial charge is 0.189 e. The average Bonchev–Trinajstić information content (AvgIpc) is 2.59. The lowest BCUT2D eigenvalue weighted by atomic mass is 10.2. The molecule has 4 heteroatoms. The summed E-state index contributed by atoms with van der Waals surface area (Å²) in [6, 6.07) is 5.67. The van der Waals surface area contributed by atoms with Gasteiger partial charge in [-0.25, -0.2) is 9.53 Å². The molecule has 2 aromatic rings. The van der Waals surface area contributed by atoms with Gasteiger partial charge in [-0.1, -0.05) is 11.3 Å². The fraction of sp³-hybridized carbons (Fsp3) is 0.300. The van der Waals surface area contributed by atoms with Crippen molar-refractivity contribution in [2.45, 2.75) is 19.9 Å². The minimum absolute atomic E-state index is 0.265. The molecule has 4 nitrogen and oxygen atoms in total. The third kappa shape index (κ3) is 1.23. The van der Waals surface area contributed by atoms with Crippen LogP contribution >= 0.6 is 0 Å². The lowest BCUT2D eigenvalue weighted by Gasteiger charge is -2.04. The van der Waals surface area contributed by atoms with Crippen LogP contribution in [0.3, 0.4) is 0 Å². The molecular formula is C10H10N4. The predicted octanol–water partition coefficient (Wildman–Crippen LogP) is 2.56. The molecule has 0 bridgehead atoms. The summed E-state index contributed by atoms with van der Waals surface area (Å²) < 4.78 is 1.82. The zero-order chi connectivity index (χ0) is 10.1. The Labute approximate surface area is 82.0 Å². The number of fused-ring (bicyclic) bond motifs is 1. The van der Waals surface area contributed by atoms with Crippen LogP contribution in [0.4, 0.5) is 5.69 Å². The van der Waals surface area contributed by atoms with E-state index in [1.165, 1.54) is 0 Å². The van der Waals surface area contributed by atoms with E-state index in [4.69, 9.17) is 6.57 Å². The van der Waals surface area contributed by atoms with E-state index in [2.05, 4.69) is 15.2 Å². The number of benzene rings is 1. The lowest BCUT2D eigenvalue weighted by Crippen LogP contribution is -2.02. The van der Waals surface area contributed by atoms with Crippen LogP contribution in [0.2, 0.25) is 0 Å². The van der Waals surface area contributed by atoms with E-state index in [0.29, 0.717) is 5.69 Å². The fourth-order valence-electron chi connectivity index (χ4n) is 1.38. The van der Waals surface area contributed by atoms with Gasteiger partial charge in [-0.05, 0) is 26.0 Å². The number of hydrogen-bond acceptors (Lipinski definition) is 2. The molecule has 0 aliphatic rings. The lowest BCUT2D eigenvalue weighted by molar-refractivity contribution is 0.530. The van der Waals surface area contributed by atoms with Gasteiger partial charge in [0, 0.05) is 6.04 Å². The zero-order valence-corrected chi connectivity index (χ0v) is 8.10. The summed E-state index contributed by atoms with van der Waals surface area (Å²) in [6.07, 6.45) is 0. The predicted molar refractivity (Wildman–Crippen MR) is 54.2 cm³/mol. The maximum absolute atomic E-state index is 6.92. The van der Waals surface area contributed by atoms with Gasteiger partial charge < -0.3 is 0 Å². The average molecular weight is 186 g/mol. The second-order valence-corrected chi connectivity index (χ2v) is 3.41. The SMILES string of the molecule is [C-]#[N+]c1ccc2nnn(C(C)C)c2c1. The molecule has 0 aliphatic heterocycles. The summed E-state index contributed by atoms with van der Waals surface area (Å²) in [5.41, 5.74) is 2.39. The maximum Gasteiger partial charge on any atom is 0.189 e. The summed E-state index contributed by atoms with van der Waals surface area (Å²) in [6.45, 7) is 11.0. The van der Waals surface area contributed by atoms with Gasteiger partial charge in [0.1, 0.15) is 5.52 Å². The van der Waals surface area contributed by atoms with E-state index in [-0.39, 0.29) is 6.04 Å². The van der Waals surface area contributed by atoms with Crippen molar-refractivity contribution >= 4 is 16.7 Å². The Morgan fingerprint density at radius 2 is 2.21 bits per heavy atom. The molecule has 0 unspecified atom stereocenters. The van der Waals surface area contributed by atoms with Crippen molar-refractivity contribution < 1.29 is 0 Å². The van der Waals surface area contributed by atoms with Gasteiger partial charge in [0.15, 0.2) is 5.69 Å².